The summed E-state index contributed by atoms with van der Waals surface area (Å²) in [4.78, 5) is 5.39. The highest BCUT2D eigenvalue weighted by Crippen LogP contribution is 2.32. The zero-order chi connectivity index (χ0) is 14.2. The molecule has 0 N–H and O–H groups in total. The second kappa shape index (κ2) is 4.78. The third-order valence-corrected chi connectivity index (χ3v) is 4.06. The first kappa shape index (κ1) is 12.2. The van der Waals surface area contributed by atoms with Crippen LogP contribution in [0, 0.1) is 5.82 Å². The van der Waals surface area contributed by atoms with Gasteiger partial charge in [-0.1, -0.05) is 35.1 Å². The molecule has 0 amide bonds. The molecule has 5 nitrogen and oxygen atoms in total. The number of nitrogens with zero attached hydrogens (tertiary/aromatic N) is 5. The van der Waals surface area contributed by atoms with Crippen LogP contribution in [0.2, 0.25) is 0 Å². The van der Waals surface area contributed by atoms with Crippen LogP contribution in [0.1, 0.15) is 0 Å². The quantitative estimate of drug-likeness (QED) is 0.532. The molecule has 7 heteroatoms. The monoisotopic (exact) mass is 297 g/mol. The SMILES string of the molecule is Fc1ccc(Sc2nc3nnnn3c3ccccc23)cc1. The van der Waals surface area contributed by atoms with Gasteiger partial charge in [-0.3, -0.25) is 0 Å². The van der Waals surface area contributed by atoms with Gasteiger partial charge in [-0.05, 0) is 40.8 Å². The van der Waals surface area contributed by atoms with Crippen LogP contribution in [0.4, 0.5) is 4.39 Å². The Morgan fingerprint density at radius 3 is 2.67 bits per heavy atom. The summed E-state index contributed by atoms with van der Waals surface area (Å²) in [5, 5.41) is 13.2. The molecule has 0 saturated carbocycles. The van der Waals surface area contributed by atoms with Crippen LogP contribution < -0.4 is 0 Å². The van der Waals surface area contributed by atoms with Crippen LogP contribution in [0.3, 0.4) is 0 Å². The van der Waals surface area contributed by atoms with E-state index in [1.807, 2.05) is 24.3 Å². The van der Waals surface area contributed by atoms with Gasteiger partial charge >= 0.3 is 0 Å². The van der Waals surface area contributed by atoms with E-state index < -0.39 is 0 Å². The van der Waals surface area contributed by atoms with Crippen LogP contribution in [0.5, 0.6) is 0 Å². The van der Waals surface area contributed by atoms with Crippen molar-refractivity contribution < 1.29 is 4.39 Å². The van der Waals surface area contributed by atoms with E-state index in [0.717, 1.165) is 20.8 Å². The molecule has 0 bridgehead atoms. The molecule has 0 aliphatic rings. The van der Waals surface area contributed by atoms with E-state index in [1.54, 1.807) is 16.6 Å². The van der Waals surface area contributed by atoms with Gasteiger partial charge in [-0.15, -0.1) is 0 Å². The van der Waals surface area contributed by atoms with Crippen LogP contribution in [-0.2, 0) is 0 Å². The maximum absolute atomic E-state index is 13.0. The maximum atomic E-state index is 13.0. The summed E-state index contributed by atoms with van der Waals surface area (Å²) in [6, 6.07) is 14.1. The topological polar surface area (TPSA) is 56.0 Å². The molecule has 2 aromatic carbocycles. The van der Waals surface area contributed by atoms with Gasteiger partial charge in [0.25, 0.3) is 5.78 Å². The average molecular weight is 297 g/mol. The van der Waals surface area contributed by atoms with E-state index in [0.29, 0.717) is 5.78 Å². The van der Waals surface area contributed by atoms with Crippen molar-refractivity contribution in [3.05, 3.63) is 54.3 Å². The third-order valence-electron chi connectivity index (χ3n) is 3.05. The van der Waals surface area contributed by atoms with Crippen molar-refractivity contribution in [3.8, 4) is 0 Å². The molecule has 2 heterocycles. The first-order chi connectivity index (χ1) is 10.3. The molecule has 4 aromatic rings. The van der Waals surface area contributed by atoms with Gasteiger partial charge < -0.3 is 0 Å². The fourth-order valence-electron chi connectivity index (χ4n) is 2.09. The summed E-state index contributed by atoms with van der Waals surface area (Å²) in [5.74, 6) is 0.188. The number of para-hydroxylation sites is 1. The van der Waals surface area contributed by atoms with Crippen LogP contribution in [0.15, 0.2) is 58.5 Å². The Morgan fingerprint density at radius 2 is 1.81 bits per heavy atom. The molecule has 21 heavy (non-hydrogen) atoms. The Kier molecular flexibility index (Phi) is 2.78. The largest absolute Gasteiger partial charge is 0.275 e. The summed E-state index contributed by atoms with van der Waals surface area (Å²) >= 11 is 1.46. The number of rotatable bonds is 2. The van der Waals surface area contributed by atoms with Gasteiger partial charge in [0, 0.05) is 10.3 Å². The second-order valence-corrected chi connectivity index (χ2v) is 5.44. The molecule has 0 unspecified atom stereocenters. The highest BCUT2D eigenvalue weighted by atomic mass is 32.2. The van der Waals surface area contributed by atoms with E-state index in [-0.39, 0.29) is 5.82 Å². The summed E-state index contributed by atoms with van der Waals surface area (Å²) in [6.45, 7) is 0. The fourth-order valence-corrected chi connectivity index (χ4v) is 3.00. The molecule has 0 atom stereocenters. The molecule has 0 spiro atoms. The Hall–Kier alpha value is -2.54. The highest BCUT2D eigenvalue weighted by molar-refractivity contribution is 7.99. The summed E-state index contributed by atoms with van der Waals surface area (Å²) in [7, 11) is 0. The third kappa shape index (κ3) is 2.11. The lowest BCUT2D eigenvalue weighted by Gasteiger charge is -2.06. The van der Waals surface area contributed by atoms with Gasteiger partial charge in [0.05, 0.1) is 5.52 Å². The predicted octanol–water partition coefficient (Wildman–Crippen LogP) is 2.96. The Morgan fingerprint density at radius 1 is 1.00 bits per heavy atom. The molecular weight excluding hydrogens is 289 g/mol. The standard InChI is InChI=1S/C14H8FN5S/c15-9-5-7-10(8-6-9)21-13-11-3-1-2-4-12(11)20-14(16-13)17-18-19-20/h1-8H. The molecule has 0 radical (unpaired) electrons. The lowest BCUT2D eigenvalue weighted by Crippen LogP contribution is -1.96. The van der Waals surface area contributed by atoms with E-state index >= 15 is 0 Å². The summed E-state index contributed by atoms with van der Waals surface area (Å²) in [6.07, 6.45) is 0. The summed E-state index contributed by atoms with van der Waals surface area (Å²) < 4.78 is 14.6. The smallest absolute Gasteiger partial charge is 0.207 e. The minimum absolute atomic E-state index is 0.255. The normalized spacial score (nSPS) is 11.3. The molecule has 0 fully saturated rings. The second-order valence-electron chi connectivity index (χ2n) is 4.38. The zero-order valence-corrected chi connectivity index (χ0v) is 11.5. The minimum Gasteiger partial charge on any atom is -0.207 e. The zero-order valence-electron chi connectivity index (χ0n) is 10.6. The van der Waals surface area contributed by atoms with Crippen molar-refractivity contribution in [2.75, 3.05) is 0 Å². The number of aromatic nitrogens is 5. The van der Waals surface area contributed by atoms with Gasteiger partial charge in [-0.2, -0.15) is 4.52 Å². The number of fused-ring (bicyclic) bond motifs is 3. The van der Waals surface area contributed by atoms with E-state index in [4.69, 9.17) is 0 Å². The van der Waals surface area contributed by atoms with Crippen molar-refractivity contribution >= 4 is 28.4 Å². The number of benzene rings is 2. The van der Waals surface area contributed by atoms with Crippen LogP contribution in [-0.4, -0.2) is 25.0 Å². The van der Waals surface area contributed by atoms with Crippen LogP contribution in [0.25, 0.3) is 16.7 Å². The Labute approximate surface area is 122 Å². The molecular formula is C14H8FN5S. The molecule has 0 aliphatic heterocycles. The minimum atomic E-state index is -0.255. The predicted molar refractivity (Wildman–Crippen MR) is 76.6 cm³/mol. The molecule has 2 aromatic heterocycles. The van der Waals surface area contributed by atoms with Gasteiger partial charge in [-0.25, -0.2) is 9.37 Å². The first-order valence-corrected chi connectivity index (χ1v) is 7.03. The lowest BCUT2D eigenvalue weighted by molar-refractivity contribution is 0.626. The number of hydrogen-bond donors (Lipinski definition) is 0. The molecule has 102 valence electrons. The molecule has 0 saturated heterocycles. The number of tetrazole rings is 1. The van der Waals surface area contributed by atoms with Gasteiger partial charge in [0.1, 0.15) is 10.8 Å². The van der Waals surface area contributed by atoms with E-state index in [9.17, 15) is 4.39 Å². The number of hydrogen-bond acceptors (Lipinski definition) is 5. The van der Waals surface area contributed by atoms with E-state index in [1.165, 1.54) is 23.9 Å². The molecule has 4 rings (SSSR count). The number of halogens is 1. The summed E-state index contributed by atoms with van der Waals surface area (Å²) in [5.41, 5.74) is 0.886. The highest BCUT2D eigenvalue weighted by Gasteiger charge is 2.11. The van der Waals surface area contributed by atoms with Crippen molar-refractivity contribution in [1.82, 2.24) is 25.0 Å². The van der Waals surface area contributed by atoms with E-state index in [2.05, 4.69) is 20.5 Å². The maximum Gasteiger partial charge on any atom is 0.275 e. The van der Waals surface area contributed by atoms with Gasteiger partial charge in [0.2, 0.25) is 0 Å². The lowest BCUT2D eigenvalue weighted by atomic mass is 10.2. The fraction of sp³-hybridized carbons (Fsp3) is 0. The van der Waals surface area contributed by atoms with Crippen molar-refractivity contribution in [3.63, 3.8) is 0 Å². The van der Waals surface area contributed by atoms with Crippen molar-refractivity contribution in [2.24, 2.45) is 0 Å². The van der Waals surface area contributed by atoms with Crippen molar-refractivity contribution in [1.29, 1.82) is 0 Å². The van der Waals surface area contributed by atoms with Crippen LogP contribution >= 0.6 is 11.8 Å². The molecule has 0 aliphatic carbocycles. The van der Waals surface area contributed by atoms with Gasteiger partial charge in [0.15, 0.2) is 0 Å². The Bertz CT molecular complexity index is 935. The Balaban J connectivity index is 1.91. The first-order valence-electron chi connectivity index (χ1n) is 6.21. The van der Waals surface area contributed by atoms with Crippen molar-refractivity contribution in [2.45, 2.75) is 9.92 Å². The average Bonchev–Trinajstić information content (AvgIpc) is 2.98.